The summed E-state index contributed by atoms with van der Waals surface area (Å²) < 4.78 is 1.76. The van der Waals surface area contributed by atoms with Crippen molar-refractivity contribution in [2.75, 3.05) is 5.73 Å². The summed E-state index contributed by atoms with van der Waals surface area (Å²) in [7, 11) is 0. The van der Waals surface area contributed by atoms with Crippen LogP contribution in [0.25, 0.3) is 0 Å². The van der Waals surface area contributed by atoms with Gasteiger partial charge in [-0.3, -0.25) is 4.79 Å². The first kappa shape index (κ1) is 18.8. The number of nitrogen functional groups attached to an aromatic ring is 1. The van der Waals surface area contributed by atoms with Crippen LogP contribution in [0, 0.1) is 6.92 Å². The molecular formula is C18H20ClN7O. The van der Waals surface area contributed by atoms with E-state index in [1.54, 1.807) is 42.1 Å². The number of rotatable bonds is 6. The predicted molar refractivity (Wildman–Crippen MR) is 102 cm³/mol. The molecular weight excluding hydrogens is 366 g/mol. The molecule has 8 nitrogen and oxygen atoms in total. The molecule has 0 bridgehead atoms. The molecule has 0 spiro atoms. The molecule has 140 valence electrons. The number of aryl methyl sites for hydroxylation is 1. The van der Waals surface area contributed by atoms with Crippen LogP contribution in [0.3, 0.4) is 0 Å². The van der Waals surface area contributed by atoms with Gasteiger partial charge >= 0.3 is 0 Å². The van der Waals surface area contributed by atoms with Crippen molar-refractivity contribution in [1.82, 2.24) is 30.3 Å². The number of nitrogens with one attached hydrogen (secondary N) is 1. The summed E-state index contributed by atoms with van der Waals surface area (Å²) >= 11 is 5.93. The van der Waals surface area contributed by atoms with E-state index in [2.05, 4.69) is 25.6 Å². The van der Waals surface area contributed by atoms with E-state index in [0.29, 0.717) is 40.9 Å². The zero-order chi connectivity index (χ0) is 19.4. The maximum absolute atomic E-state index is 12.3. The van der Waals surface area contributed by atoms with Crippen LogP contribution in [0.15, 0.2) is 30.5 Å². The molecule has 0 radical (unpaired) electrons. The van der Waals surface area contributed by atoms with Gasteiger partial charge in [-0.15, -0.1) is 5.10 Å². The van der Waals surface area contributed by atoms with Gasteiger partial charge in [-0.1, -0.05) is 29.8 Å². The fraction of sp³-hybridized carbons (Fsp3) is 0.278. The van der Waals surface area contributed by atoms with Crippen LogP contribution >= 0.6 is 11.6 Å². The first-order valence-electron chi connectivity index (χ1n) is 8.51. The number of amides is 1. The van der Waals surface area contributed by atoms with Crippen LogP contribution in [0.4, 0.5) is 5.82 Å². The number of benzene rings is 1. The van der Waals surface area contributed by atoms with Crippen LogP contribution in [-0.4, -0.2) is 30.9 Å². The molecule has 0 atom stereocenters. The Labute approximate surface area is 161 Å². The van der Waals surface area contributed by atoms with Crippen molar-refractivity contribution < 1.29 is 4.79 Å². The Morgan fingerprint density at radius 2 is 2.19 bits per heavy atom. The Morgan fingerprint density at radius 1 is 1.37 bits per heavy atom. The monoisotopic (exact) mass is 385 g/mol. The Balaban J connectivity index is 1.73. The molecule has 9 heteroatoms. The Kier molecular flexibility index (Phi) is 5.66. The lowest BCUT2D eigenvalue weighted by atomic mass is 10.2. The molecule has 2 aromatic heterocycles. The number of carbonyl (C=O) groups is 1. The van der Waals surface area contributed by atoms with Gasteiger partial charge in [-0.2, -0.15) is 0 Å². The maximum Gasteiger partial charge on any atom is 0.251 e. The van der Waals surface area contributed by atoms with Crippen molar-refractivity contribution >= 4 is 23.3 Å². The van der Waals surface area contributed by atoms with Crippen molar-refractivity contribution in [2.24, 2.45) is 0 Å². The van der Waals surface area contributed by atoms with Gasteiger partial charge in [-0.25, -0.2) is 14.6 Å². The molecule has 1 aromatic carbocycles. The Morgan fingerprint density at radius 3 is 2.89 bits per heavy atom. The lowest BCUT2D eigenvalue weighted by Crippen LogP contribution is -2.23. The highest BCUT2D eigenvalue weighted by Crippen LogP contribution is 2.14. The molecule has 2 heterocycles. The van der Waals surface area contributed by atoms with Crippen LogP contribution in [0.5, 0.6) is 0 Å². The van der Waals surface area contributed by atoms with E-state index in [1.807, 2.05) is 6.92 Å². The van der Waals surface area contributed by atoms with Crippen molar-refractivity contribution in [3.8, 4) is 0 Å². The molecule has 0 aliphatic heterocycles. The van der Waals surface area contributed by atoms with Crippen LogP contribution in [0.2, 0.25) is 5.02 Å². The second-order valence-electron chi connectivity index (χ2n) is 6.01. The van der Waals surface area contributed by atoms with E-state index in [1.165, 1.54) is 0 Å². The van der Waals surface area contributed by atoms with E-state index in [4.69, 9.17) is 17.3 Å². The second kappa shape index (κ2) is 8.13. The molecule has 3 rings (SSSR count). The lowest BCUT2D eigenvalue weighted by Gasteiger charge is -2.09. The fourth-order valence-electron chi connectivity index (χ4n) is 2.71. The number of anilines is 1. The minimum absolute atomic E-state index is 0.217. The number of carbonyl (C=O) groups excluding carboxylic acids is 1. The van der Waals surface area contributed by atoms with Gasteiger partial charge in [0.2, 0.25) is 0 Å². The van der Waals surface area contributed by atoms with E-state index >= 15 is 0 Å². The summed E-state index contributed by atoms with van der Waals surface area (Å²) in [4.78, 5) is 20.6. The summed E-state index contributed by atoms with van der Waals surface area (Å²) in [5.74, 6) is 0.830. The van der Waals surface area contributed by atoms with Gasteiger partial charge < -0.3 is 11.1 Å². The first-order valence-corrected chi connectivity index (χ1v) is 8.88. The second-order valence-corrected chi connectivity index (χ2v) is 6.45. The third-order valence-electron chi connectivity index (χ3n) is 4.09. The highest BCUT2D eigenvalue weighted by molar-refractivity contribution is 6.30. The van der Waals surface area contributed by atoms with Crippen molar-refractivity contribution in [3.05, 3.63) is 63.8 Å². The number of hydrogen-bond donors (Lipinski definition) is 2. The minimum atomic E-state index is -0.217. The minimum Gasteiger partial charge on any atom is -0.383 e. The van der Waals surface area contributed by atoms with Crippen LogP contribution in [0.1, 0.15) is 40.1 Å². The van der Waals surface area contributed by atoms with Crippen molar-refractivity contribution in [3.63, 3.8) is 0 Å². The first-order chi connectivity index (χ1) is 13.0. The normalized spacial score (nSPS) is 10.8. The topological polar surface area (TPSA) is 112 Å². The van der Waals surface area contributed by atoms with E-state index < -0.39 is 0 Å². The molecule has 27 heavy (non-hydrogen) atoms. The van der Waals surface area contributed by atoms with Crippen molar-refractivity contribution in [2.45, 2.75) is 33.4 Å². The molecule has 3 N–H and O–H groups in total. The molecule has 3 aromatic rings. The van der Waals surface area contributed by atoms with E-state index in [-0.39, 0.29) is 12.5 Å². The van der Waals surface area contributed by atoms with Gasteiger partial charge in [0.25, 0.3) is 5.91 Å². The zero-order valence-electron chi connectivity index (χ0n) is 15.1. The van der Waals surface area contributed by atoms with Gasteiger partial charge in [0.15, 0.2) is 0 Å². The number of halogens is 1. The number of nitrogens with zero attached hydrogens (tertiary/aromatic N) is 5. The van der Waals surface area contributed by atoms with Gasteiger partial charge in [0.05, 0.1) is 18.8 Å². The predicted octanol–water partition coefficient (Wildman–Crippen LogP) is 2.15. The average molecular weight is 386 g/mol. The number of nitrogens with two attached hydrogens (primary N) is 1. The zero-order valence-corrected chi connectivity index (χ0v) is 15.9. The smallest absolute Gasteiger partial charge is 0.251 e. The standard InChI is InChI=1S/C18H20ClN7O/c1-3-16-15(9-22-18(27)12-5-4-6-14(19)7-12)24-25-26(16)10-13-8-21-11(2)23-17(13)20/h4-8H,3,9-10H2,1-2H3,(H,22,27)(H2,20,21,23). The van der Waals surface area contributed by atoms with Gasteiger partial charge in [-0.05, 0) is 31.5 Å². The fourth-order valence-corrected chi connectivity index (χ4v) is 2.90. The Bertz CT molecular complexity index is 970. The molecule has 0 saturated heterocycles. The molecule has 1 amide bonds. The maximum atomic E-state index is 12.3. The highest BCUT2D eigenvalue weighted by atomic mass is 35.5. The third-order valence-corrected chi connectivity index (χ3v) is 4.33. The number of aromatic nitrogens is 5. The molecule has 0 unspecified atom stereocenters. The van der Waals surface area contributed by atoms with E-state index in [9.17, 15) is 4.79 Å². The quantitative estimate of drug-likeness (QED) is 0.672. The highest BCUT2D eigenvalue weighted by Gasteiger charge is 2.15. The van der Waals surface area contributed by atoms with Gasteiger partial charge in [0, 0.05) is 22.3 Å². The Hall–Kier alpha value is -3.00. The summed E-state index contributed by atoms with van der Waals surface area (Å²) in [6.45, 7) is 4.49. The lowest BCUT2D eigenvalue weighted by molar-refractivity contribution is 0.0950. The molecule has 0 aliphatic carbocycles. The summed E-state index contributed by atoms with van der Waals surface area (Å²) in [5, 5.41) is 11.8. The SMILES string of the molecule is CCc1c(CNC(=O)c2cccc(Cl)c2)nnn1Cc1cnc(C)nc1N. The third kappa shape index (κ3) is 4.40. The van der Waals surface area contributed by atoms with Gasteiger partial charge in [0.1, 0.15) is 17.3 Å². The van der Waals surface area contributed by atoms with Crippen LogP contribution in [-0.2, 0) is 19.5 Å². The molecule has 0 saturated carbocycles. The average Bonchev–Trinajstić information content (AvgIpc) is 3.03. The summed E-state index contributed by atoms with van der Waals surface area (Å²) in [6.07, 6.45) is 2.40. The van der Waals surface area contributed by atoms with Crippen molar-refractivity contribution in [1.29, 1.82) is 0 Å². The summed E-state index contributed by atoms with van der Waals surface area (Å²) in [5.41, 5.74) is 8.86. The molecule has 0 fully saturated rings. The molecule has 0 aliphatic rings. The number of hydrogen-bond acceptors (Lipinski definition) is 6. The summed E-state index contributed by atoms with van der Waals surface area (Å²) in [6, 6.07) is 6.78. The largest absolute Gasteiger partial charge is 0.383 e. The van der Waals surface area contributed by atoms with Crippen LogP contribution < -0.4 is 11.1 Å². The van der Waals surface area contributed by atoms with E-state index in [0.717, 1.165) is 11.3 Å².